The topological polar surface area (TPSA) is 44.8 Å². The van der Waals surface area contributed by atoms with Crippen molar-refractivity contribution in [3.05, 3.63) is 84.5 Å². The first-order valence-corrected chi connectivity index (χ1v) is 11.1. The number of hydrogen-bond acceptors (Lipinski definition) is 4. The summed E-state index contributed by atoms with van der Waals surface area (Å²) >= 11 is 0. The van der Waals surface area contributed by atoms with Gasteiger partial charge in [0.05, 0.1) is 32.7 Å². The van der Waals surface area contributed by atoms with Crippen molar-refractivity contribution in [2.24, 2.45) is 0 Å². The maximum Gasteiger partial charge on any atom is 0.311 e. The molecule has 2 aromatic rings. The van der Waals surface area contributed by atoms with E-state index in [2.05, 4.69) is 43.0 Å². The quantitative estimate of drug-likeness (QED) is 0.226. The highest BCUT2D eigenvalue weighted by atomic mass is 16.5. The number of ether oxygens (including phenoxy) is 3. The van der Waals surface area contributed by atoms with Gasteiger partial charge in [0.25, 0.3) is 0 Å². The van der Waals surface area contributed by atoms with Gasteiger partial charge in [-0.1, -0.05) is 49.1 Å². The van der Waals surface area contributed by atoms with Crippen LogP contribution in [0.2, 0.25) is 0 Å². The maximum absolute atomic E-state index is 12.2. The second-order valence-corrected chi connectivity index (χ2v) is 7.73. The predicted octanol–water partition coefficient (Wildman–Crippen LogP) is 4.88. The van der Waals surface area contributed by atoms with Crippen LogP contribution in [0.1, 0.15) is 24.5 Å². The summed E-state index contributed by atoms with van der Waals surface area (Å²) in [6.45, 7) is 10.1. The van der Waals surface area contributed by atoms with Crippen LogP contribution in [0.5, 0.6) is 5.75 Å². The SMILES string of the molecule is C=CCOc1ccc(C[N+](C/C=C/c2ccccc2)(CCOC)CCC(=O)OCC)cc1. The molecule has 5 heteroatoms. The molecule has 5 nitrogen and oxygen atoms in total. The fourth-order valence-electron chi connectivity index (χ4n) is 3.57. The molecule has 0 aliphatic carbocycles. The van der Waals surface area contributed by atoms with Gasteiger partial charge in [-0.2, -0.15) is 0 Å². The van der Waals surface area contributed by atoms with E-state index in [9.17, 15) is 4.79 Å². The summed E-state index contributed by atoms with van der Waals surface area (Å²) in [5, 5.41) is 0. The maximum atomic E-state index is 12.2. The van der Waals surface area contributed by atoms with Gasteiger partial charge in [-0.05, 0) is 42.8 Å². The third-order valence-corrected chi connectivity index (χ3v) is 5.28. The minimum atomic E-state index is -0.160. The van der Waals surface area contributed by atoms with Gasteiger partial charge >= 0.3 is 5.97 Å². The Kier molecular flexibility index (Phi) is 11.3. The second-order valence-electron chi connectivity index (χ2n) is 7.73. The molecule has 2 rings (SSSR count). The standard InChI is InChI=1S/C27H36NO4/c1-4-21-32-26-15-13-25(14-16-26)23-28(20-22-30-3,19-17-27(29)31-5-2)18-9-12-24-10-7-6-8-11-24/h4,6-16H,1,5,17-23H2,2-3H3/q+1/b12-9+. The van der Waals surface area contributed by atoms with E-state index < -0.39 is 0 Å². The zero-order chi connectivity index (χ0) is 23.1. The Labute approximate surface area is 192 Å². The average molecular weight is 439 g/mol. The van der Waals surface area contributed by atoms with Crippen molar-refractivity contribution in [1.82, 2.24) is 0 Å². The van der Waals surface area contributed by atoms with E-state index in [4.69, 9.17) is 14.2 Å². The van der Waals surface area contributed by atoms with Crippen molar-refractivity contribution in [1.29, 1.82) is 0 Å². The average Bonchev–Trinajstić information content (AvgIpc) is 2.82. The number of hydrogen-bond donors (Lipinski definition) is 0. The third-order valence-electron chi connectivity index (χ3n) is 5.28. The summed E-state index contributed by atoms with van der Waals surface area (Å²) in [6, 6.07) is 18.4. The van der Waals surface area contributed by atoms with Gasteiger partial charge in [-0.3, -0.25) is 4.79 Å². The minimum Gasteiger partial charge on any atom is -0.490 e. The van der Waals surface area contributed by atoms with Crippen molar-refractivity contribution in [3.8, 4) is 5.75 Å². The normalized spacial score (nSPS) is 12.9. The molecule has 2 aromatic carbocycles. The zero-order valence-corrected chi connectivity index (χ0v) is 19.4. The third kappa shape index (κ3) is 9.08. The van der Waals surface area contributed by atoms with Crippen LogP contribution in [-0.4, -0.2) is 57.0 Å². The molecule has 0 fully saturated rings. The van der Waals surface area contributed by atoms with E-state index >= 15 is 0 Å². The van der Waals surface area contributed by atoms with Gasteiger partial charge in [-0.15, -0.1) is 0 Å². The fraction of sp³-hybridized carbons (Fsp3) is 0.370. The molecule has 1 atom stereocenters. The minimum absolute atomic E-state index is 0.160. The van der Waals surface area contributed by atoms with Crippen LogP contribution in [0.25, 0.3) is 6.08 Å². The summed E-state index contributed by atoms with van der Waals surface area (Å²) in [7, 11) is 1.71. The lowest BCUT2D eigenvalue weighted by Gasteiger charge is -2.38. The lowest BCUT2D eigenvalue weighted by molar-refractivity contribution is -0.935. The number of benzene rings is 2. The van der Waals surface area contributed by atoms with E-state index in [0.29, 0.717) is 37.3 Å². The van der Waals surface area contributed by atoms with Gasteiger partial charge in [0, 0.05) is 12.7 Å². The van der Waals surface area contributed by atoms with Gasteiger partial charge in [-0.25, -0.2) is 0 Å². The van der Waals surface area contributed by atoms with Crippen LogP contribution in [0.3, 0.4) is 0 Å². The van der Waals surface area contributed by atoms with Crippen LogP contribution in [0.4, 0.5) is 0 Å². The summed E-state index contributed by atoms with van der Waals surface area (Å²) in [4.78, 5) is 12.2. The fourth-order valence-corrected chi connectivity index (χ4v) is 3.57. The Morgan fingerprint density at radius 1 is 1.06 bits per heavy atom. The summed E-state index contributed by atoms with van der Waals surface area (Å²) in [5.41, 5.74) is 2.34. The van der Waals surface area contributed by atoms with Crippen LogP contribution >= 0.6 is 0 Å². The van der Waals surface area contributed by atoms with Gasteiger partial charge in [0.1, 0.15) is 25.4 Å². The van der Waals surface area contributed by atoms with E-state index in [0.717, 1.165) is 30.9 Å². The lowest BCUT2D eigenvalue weighted by atomic mass is 10.1. The Morgan fingerprint density at radius 3 is 2.47 bits per heavy atom. The van der Waals surface area contributed by atoms with E-state index in [-0.39, 0.29) is 5.97 Å². The van der Waals surface area contributed by atoms with Gasteiger partial charge < -0.3 is 18.7 Å². The summed E-state index contributed by atoms with van der Waals surface area (Å²) < 4.78 is 16.9. The first-order valence-electron chi connectivity index (χ1n) is 11.1. The molecule has 0 radical (unpaired) electrons. The first-order chi connectivity index (χ1) is 15.6. The van der Waals surface area contributed by atoms with Gasteiger partial charge in [0.2, 0.25) is 0 Å². The lowest BCUT2D eigenvalue weighted by Crippen LogP contribution is -2.50. The number of carbonyl (C=O) groups is 1. The van der Waals surface area contributed by atoms with E-state index in [1.165, 1.54) is 5.56 Å². The van der Waals surface area contributed by atoms with Crippen molar-refractivity contribution < 1.29 is 23.5 Å². The monoisotopic (exact) mass is 438 g/mol. The van der Waals surface area contributed by atoms with Crippen LogP contribution in [0.15, 0.2) is 73.3 Å². The molecular formula is C27H36NO4+. The number of rotatable bonds is 15. The molecule has 0 saturated carbocycles. The number of quaternary nitrogens is 1. The Bertz CT molecular complexity index is 832. The molecule has 1 unspecified atom stereocenters. The highest BCUT2D eigenvalue weighted by Crippen LogP contribution is 2.20. The van der Waals surface area contributed by atoms with Crippen LogP contribution in [-0.2, 0) is 20.8 Å². The van der Waals surface area contributed by atoms with Crippen molar-refractivity contribution >= 4 is 12.0 Å². The number of methoxy groups -OCH3 is 1. The molecule has 32 heavy (non-hydrogen) atoms. The highest BCUT2D eigenvalue weighted by molar-refractivity contribution is 5.69. The molecule has 0 bridgehead atoms. The Morgan fingerprint density at radius 2 is 1.81 bits per heavy atom. The Balaban J connectivity index is 2.22. The molecule has 0 amide bonds. The van der Waals surface area contributed by atoms with Gasteiger partial charge in [0.15, 0.2) is 0 Å². The number of carbonyl (C=O) groups excluding carboxylic acids is 1. The van der Waals surface area contributed by atoms with Crippen LogP contribution < -0.4 is 4.74 Å². The zero-order valence-electron chi connectivity index (χ0n) is 19.4. The highest BCUT2D eigenvalue weighted by Gasteiger charge is 2.28. The molecular weight excluding hydrogens is 402 g/mol. The largest absolute Gasteiger partial charge is 0.490 e. The van der Waals surface area contributed by atoms with Crippen LogP contribution in [0, 0.1) is 0 Å². The predicted molar refractivity (Wildman–Crippen MR) is 129 cm³/mol. The Hall–Kier alpha value is -2.89. The smallest absolute Gasteiger partial charge is 0.311 e. The first kappa shape index (κ1) is 25.4. The van der Waals surface area contributed by atoms with Crippen molar-refractivity contribution in [2.75, 3.05) is 46.6 Å². The number of esters is 1. The molecule has 0 heterocycles. The van der Waals surface area contributed by atoms with Crippen molar-refractivity contribution in [2.45, 2.75) is 19.9 Å². The molecule has 0 saturated heterocycles. The molecule has 172 valence electrons. The van der Waals surface area contributed by atoms with Crippen molar-refractivity contribution in [3.63, 3.8) is 0 Å². The number of nitrogens with zero attached hydrogens (tertiary/aromatic N) is 1. The van der Waals surface area contributed by atoms with E-state index in [1.807, 2.05) is 37.3 Å². The molecule has 0 aliphatic rings. The second kappa shape index (κ2) is 14.2. The summed E-state index contributed by atoms with van der Waals surface area (Å²) in [6.07, 6.45) is 6.43. The molecule has 0 aromatic heterocycles. The summed E-state index contributed by atoms with van der Waals surface area (Å²) in [5.74, 6) is 0.659. The molecule has 0 spiro atoms. The molecule has 0 aliphatic heterocycles. The van der Waals surface area contributed by atoms with E-state index in [1.54, 1.807) is 13.2 Å². The molecule has 0 N–H and O–H groups in total.